The van der Waals surface area contributed by atoms with Crippen LogP contribution in [0.2, 0.25) is 0 Å². The first-order valence-corrected chi connectivity index (χ1v) is 6.43. The Morgan fingerprint density at radius 2 is 1.22 bits per heavy atom. The van der Waals surface area contributed by atoms with Gasteiger partial charge in [0.05, 0.1) is 6.61 Å². The second kappa shape index (κ2) is 5.36. The minimum Gasteiger partial charge on any atom is -0.395 e. The normalized spacial score (nSPS) is 11.8. The maximum atomic E-state index is 10.1. The Morgan fingerprint density at radius 1 is 0.833 bits per heavy atom. The van der Waals surface area contributed by atoms with Crippen molar-refractivity contribution in [3.63, 3.8) is 0 Å². The lowest BCUT2D eigenvalue weighted by molar-refractivity contribution is 0.181. The van der Waals surface area contributed by atoms with Gasteiger partial charge in [0.1, 0.15) is 0 Å². The fraction of sp³-hybridized carbons (Fsp3) is 0.294. The molecule has 2 aromatic carbocycles. The van der Waals surface area contributed by atoms with E-state index in [2.05, 4.69) is 38.1 Å². The molecule has 0 aliphatic heterocycles. The zero-order valence-corrected chi connectivity index (χ0v) is 11.0. The average molecular weight is 240 g/mol. The molecular weight excluding hydrogens is 220 g/mol. The third-order valence-electron chi connectivity index (χ3n) is 3.81. The summed E-state index contributed by atoms with van der Waals surface area (Å²) in [5.41, 5.74) is 2.03. The first-order chi connectivity index (χ1) is 8.71. The SMILES string of the molecule is CC(C)C(CO)(c1ccccc1)c1ccccc1. The Bertz CT molecular complexity index is 434. The van der Waals surface area contributed by atoms with E-state index in [1.165, 1.54) is 11.1 Å². The Morgan fingerprint density at radius 3 is 1.50 bits per heavy atom. The molecule has 0 heterocycles. The van der Waals surface area contributed by atoms with E-state index in [0.29, 0.717) is 5.92 Å². The third-order valence-corrected chi connectivity index (χ3v) is 3.81. The van der Waals surface area contributed by atoms with E-state index in [9.17, 15) is 5.11 Å². The molecule has 0 bridgehead atoms. The predicted octanol–water partition coefficient (Wildman–Crippen LogP) is 3.62. The van der Waals surface area contributed by atoms with Crippen molar-refractivity contribution in [3.8, 4) is 0 Å². The van der Waals surface area contributed by atoms with Gasteiger partial charge in [-0.2, -0.15) is 0 Å². The van der Waals surface area contributed by atoms with Gasteiger partial charge >= 0.3 is 0 Å². The first kappa shape index (κ1) is 12.8. The van der Waals surface area contributed by atoms with Crippen molar-refractivity contribution in [2.45, 2.75) is 19.3 Å². The summed E-state index contributed by atoms with van der Waals surface area (Å²) in [7, 11) is 0. The lowest BCUT2D eigenvalue weighted by Gasteiger charge is -2.37. The lowest BCUT2D eigenvalue weighted by Crippen LogP contribution is -2.37. The van der Waals surface area contributed by atoms with Crippen LogP contribution in [0.5, 0.6) is 0 Å². The maximum Gasteiger partial charge on any atom is 0.0571 e. The van der Waals surface area contributed by atoms with Gasteiger partial charge in [-0.25, -0.2) is 0 Å². The molecule has 1 nitrogen and oxygen atoms in total. The van der Waals surface area contributed by atoms with Gasteiger partial charge in [-0.3, -0.25) is 0 Å². The van der Waals surface area contributed by atoms with Gasteiger partial charge < -0.3 is 5.11 Å². The summed E-state index contributed by atoms with van der Waals surface area (Å²) in [5, 5.41) is 10.1. The molecule has 0 spiro atoms. The molecule has 0 amide bonds. The van der Waals surface area contributed by atoms with Crippen LogP contribution < -0.4 is 0 Å². The zero-order chi connectivity index (χ0) is 13.0. The number of aliphatic hydroxyl groups excluding tert-OH is 1. The molecule has 0 fully saturated rings. The summed E-state index contributed by atoms with van der Waals surface area (Å²) < 4.78 is 0. The van der Waals surface area contributed by atoms with E-state index in [4.69, 9.17) is 0 Å². The number of aliphatic hydroxyl groups is 1. The summed E-state index contributed by atoms with van der Waals surface area (Å²) in [5.74, 6) is 0.326. The molecule has 0 saturated heterocycles. The third kappa shape index (κ3) is 2.06. The van der Waals surface area contributed by atoms with Gasteiger partial charge in [-0.05, 0) is 17.0 Å². The van der Waals surface area contributed by atoms with Crippen LogP contribution in [-0.2, 0) is 5.41 Å². The van der Waals surface area contributed by atoms with E-state index < -0.39 is 0 Å². The quantitative estimate of drug-likeness (QED) is 0.865. The molecule has 2 rings (SSSR count). The van der Waals surface area contributed by atoms with Crippen molar-refractivity contribution >= 4 is 0 Å². The number of rotatable bonds is 4. The zero-order valence-electron chi connectivity index (χ0n) is 11.0. The fourth-order valence-corrected chi connectivity index (χ4v) is 2.67. The molecule has 1 heteroatoms. The molecule has 18 heavy (non-hydrogen) atoms. The van der Waals surface area contributed by atoms with Gasteiger partial charge in [0, 0.05) is 5.41 Å². The van der Waals surface area contributed by atoms with Crippen molar-refractivity contribution in [2.24, 2.45) is 5.92 Å². The van der Waals surface area contributed by atoms with Crippen molar-refractivity contribution in [3.05, 3.63) is 71.8 Å². The Labute approximate surface area is 109 Å². The minimum absolute atomic E-state index is 0.124. The van der Waals surface area contributed by atoms with Crippen LogP contribution in [0.1, 0.15) is 25.0 Å². The van der Waals surface area contributed by atoms with Crippen LogP contribution in [0.25, 0.3) is 0 Å². The molecule has 0 aliphatic rings. The number of benzene rings is 2. The first-order valence-electron chi connectivity index (χ1n) is 6.43. The molecule has 0 atom stereocenters. The summed E-state index contributed by atoms with van der Waals surface area (Å²) >= 11 is 0. The van der Waals surface area contributed by atoms with Crippen LogP contribution in [0, 0.1) is 5.92 Å². The molecule has 0 saturated carbocycles. The topological polar surface area (TPSA) is 20.2 Å². The van der Waals surface area contributed by atoms with Crippen molar-refractivity contribution < 1.29 is 5.11 Å². The highest BCUT2D eigenvalue weighted by Gasteiger charge is 2.36. The summed E-state index contributed by atoms with van der Waals surface area (Å²) in [6, 6.07) is 20.6. The fourth-order valence-electron chi connectivity index (χ4n) is 2.67. The second-order valence-corrected chi connectivity index (χ2v) is 5.02. The van der Waals surface area contributed by atoms with E-state index in [0.717, 1.165) is 0 Å². The van der Waals surface area contributed by atoms with Crippen LogP contribution in [0.4, 0.5) is 0 Å². The Kier molecular flexibility index (Phi) is 3.83. The average Bonchev–Trinajstić information content (AvgIpc) is 2.42. The maximum absolute atomic E-state index is 10.1. The minimum atomic E-state index is -0.317. The van der Waals surface area contributed by atoms with Crippen LogP contribution in [0.3, 0.4) is 0 Å². The molecule has 1 N–H and O–H groups in total. The molecule has 0 unspecified atom stereocenters. The molecular formula is C17H20O. The van der Waals surface area contributed by atoms with E-state index in [-0.39, 0.29) is 12.0 Å². The molecule has 0 radical (unpaired) electrons. The highest BCUT2D eigenvalue weighted by molar-refractivity contribution is 5.40. The van der Waals surface area contributed by atoms with Gasteiger partial charge in [0.2, 0.25) is 0 Å². The summed E-state index contributed by atoms with van der Waals surface area (Å²) in [6.07, 6.45) is 0. The van der Waals surface area contributed by atoms with Crippen LogP contribution in [-0.4, -0.2) is 11.7 Å². The highest BCUT2D eigenvalue weighted by Crippen LogP contribution is 2.38. The van der Waals surface area contributed by atoms with Crippen molar-refractivity contribution in [1.29, 1.82) is 0 Å². The van der Waals surface area contributed by atoms with Gasteiger partial charge in [0.25, 0.3) is 0 Å². The van der Waals surface area contributed by atoms with E-state index in [1.54, 1.807) is 0 Å². The van der Waals surface area contributed by atoms with Gasteiger partial charge in [-0.15, -0.1) is 0 Å². The number of hydrogen-bond donors (Lipinski definition) is 1. The standard InChI is InChI=1S/C17H20O/c1-14(2)17(13-18,15-9-5-3-6-10-15)16-11-7-4-8-12-16/h3-12,14,18H,13H2,1-2H3. The Balaban J connectivity index is 2.61. The molecule has 0 aromatic heterocycles. The largest absolute Gasteiger partial charge is 0.395 e. The summed E-state index contributed by atoms with van der Waals surface area (Å²) in [6.45, 7) is 4.45. The van der Waals surface area contributed by atoms with E-state index >= 15 is 0 Å². The van der Waals surface area contributed by atoms with Crippen molar-refractivity contribution in [1.82, 2.24) is 0 Å². The van der Waals surface area contributed by atoms with Gasteiger partial charge in [-0.1, -0.05) is 74.5 Å². The molecule has 2 aromatic rings. The Hall–Kier alpha value is -1.60. The lowest BCUT2D eigenvalue weighted by atomic mass is 9.67. The van der Waals surface area contributed by atoms with Gasteiger partial charge in [0.15, 0.2) is 0 Å². The van der Waals surface area contributed by atoms with Crippen LogP contribution >= 0.6 is 0 Å². The predicted molar refractivity (Wildman–Crippen MR) is 75.6 cm³/mol. The van der Waals surface area contributed by atoms with Crippen LogP contribution in [0.15, 0.2) is 60.7 Å². The monoisotopic (exact) mass is 240 g/mol. The smallest absolute Gasteiger partial charge is 0.0571 e. The molecule has 0 aliphatic carbocycles. The summed E-state index contributed by atoms with van der Waals surface area (Å²) in [4.78, 5) is 0. The van der Waals surface area contributed by atoms with Crippen molar-refractivity contribution in [2.75, 3.05) is 6.61 Å². The number of hydrogen-bond acceptors (Lipinski definition) is 1. The highest BCUT2D eigenvalue weighted by atomic mass is 16.3. The molecule has 94 valence electrons. The second-order valence-electron chi connectivity index (χ2n) is 5.02. The van der Waals surface area contributed by atoms with E-state index in [1.807, 2.05) is 36.4 Å².